The topological polar surface area (TPSA) is 34.4 Å². The van der Waals surface area contributed by atoms with Gasteiger partial charge in [0.2, 0.25) is 0 Å². The van der Waals surface area contributed by atoms with Gasteiger partial charge in [-0.1, -0.05) is 25.1 Å². The Morgan fingerprint density at radius 1 is 1.19 bits per heavy atom. The molecule has 0 aliphatic heterocycles. The molecule has 0 saturated heterocycles. The van der Waals surface area contributed by atoms with Crippen molar-refractivity contribution in [2.24, 2.45) is 0 Å². The second kappa shape index (κ2) is 7.53. The van der Waals surface area contributed by atoms with Crippen LogP contribution in [0.25, 0.3) is 0 Å². The first-order chi connectivity index (χ1) is 10.1. The fourth-order valence-corrected chi connectivity index (χ4v) is 2.49. The average Bonchev–Trinajstić information content (AvgIpc) is 2.87. The molecule has 1 heterocycles. The van der Waals surface area contributed by atoms with E-state index in [1.54, 1.807) is 6.26 Å². The van der Waals surface area contributed by atoms with Gasteiger partial charge in [0.25, 0.3) is 0 Å². The minimum Gasteiger partial charge on any atom is -0.491 e. The van der Waals surface area contributed by atoms with Gasteiger partial charge >= 0.3 is 0 Å². The predicted molar refractivity (Wildman–Crippen MR) is 86.1 cm³/mol. The Labute approximate surface area is 131 Å². The van der Waals surface area contributed by atoms with Crippen LogP contribution in [0.5, 0.6) is 5.75 Å². The van der Waals surface area contributed by atoms with Crippen LogP contribution in [0, 0.1) is 0 Å². The van der Waals surface area contributed by atoms with Gasteiger partial charge in [0.1, 0.15) is 5.75 Å². The lowest BCUT2D eigenvalue weighted by Gasteiger charge is -2.22. The zero-order chi connectivity index (χ0) is 15.2. The molecule has 3 nitrogen and oxygen atoms in total. The van der Waals surface area contributed by atoms with Crippen LogP contribution in [-0.4, -0.2) is 12.6 Å². The van der Waals surface area contributed by atoms with Crippen molar-refractivity contribution in [1.29, 1.82) is 0 Å². The Kier molecular flexibility index (Phi) is 5.71. The maximum Gasteiger partial charge on any atom is 0.198 e. The fourth-order valence-electron chi connectivity index (χ4n) is 2.27. The minimum atomic E-state index is -0.0360. The van der Waals surface area contributed by atoms with Gasteiger partial charge in [-0.2, -0.15) is 0 Å². The number of para-hydroxylation sites is 1. The van der Waals surface area contributed by atoms with Crippen LogP contribution in [0.3, 0.4) is 0 Å². The van der Waals surface area contributed by atoms with Gasteiger partial charge in [0.05, 0.1) is 18.4 Å². The quantitative estimate of drug-likeness (QED) is 0.797. The molecule has 0 radical (unpaired) electrons. The summed E-state index contributed by atoms with van der Waals surface area (Å²) in [4.78, 5) is 0. The monoisotopic (exact) mass is 307 g/mol. The number of rotatable bonds is 7. The molecular formula is C17H22ClNO2. The second-order valence-corrected chi connectivity index (χ2v) is 5.58. The number of nitrogens with one attached hydrogen (secondary N) is 1. The zero-order valence-electron chi connectivity index (χ0n) is 12.7. The molecule has 1 unspecified atom stereocenters. The lowest BCUT2D eigenvalue weighted by molar-refractivity contribution is 0.238. The third kappa shape index (κ3) is 4.02. The SMILES string of the molecule is CCCNC(c1ccccc1OC(C)C)c1ccoc1Cl. The summed E-state index contributed by atoms with van der Waals surface area (Å²) in [5.74, 6) is 0.873. The molecule has 0 amide bonds. The molecule has 1 atom stereocenters. The molecule has 4 heteroatoms. The van der Waals surface area contributed by atoms with E-state index in [2.05, 4.69) is 18.3 Å². The maximum absolute atomic E-state index is 6.17. The number of hydrogen-bond donors (Lipinski definition) is 1. The van der Waals surface area contributed by atoms with Crippen LogP contribution in [0.2, 0.25) is 5.22 Å². The molecule has 0 saturated carbocycles. The first kappa shape index (κ1) is 15.9. The number of benzene rings is 1. The van der Waals surface area contributed by atoms with Crippen LogP contribution in [0.1, 0.15) is 44.4 Å². The molecule has 1 aromatic heterocycles. The Bertz CT molecular complexity index is 565. The van der Waals surface area contributed by atoms with E-state index in [4.69, 9.17) is 20.8 Å². The van der Waals surface area contributed by atoms with Gasteiger partial charge in [0, 0.05) is 11.1 Å². The van der Waals surface area contributed by atoms with Gasteiger partial charge in [-0.3, -0.25) is 0 Å². The van der Waals surface area contributed by atoms with Crippen LogP contribution < -0.4 is 10.1 Å². The molecule has 114 valence electrons. The number of hydrogen-bond acceptors (Lipinski definition) is 3. The molecule has 0 fully saturated rings. The highest BCUT2D eigenvalue weighted by molar-refractivity contribution is 6.29. The van der Waals surface area contributed by atoms with Gasteiger partial charge in [-0.05, 0) is 50.5 Å². The van der Waals surface area contributed by atoms with Crippen molar-refractivity contribution in [1.82, 2.24) is 5.32 Å². The van der Waals surface area contributed by atoms with Crippen LogP contribution in [0.4, 0.5) is 0 Å². The summed E-state index contributed by atoms with van der Waals surface area (Å²) in [6.07, 6.45) is 2.78. The average molecular weight is 308 g/mol. The second-order valence-electron chi connectivity index (χ2n) is 5.24. The first-order valence-corrected chi connectivity index (χ1v) is 7.73. The Morgan fingerprint density at radius 3 is 2.57 bits per heavy atom. The summed E-state index contributed by atoms with van der Waals surface area (Å²) in [5.41, 5.74) is 2.01. The number of ether oxygens (including phenoxy) is 1. The summed E-state index contributed by atoms with van der Waals surface area (Å²) in [6, 6.07) is 9.91. The summed E-state index contributed by atoms with van der Waals surface area (Å²) >= 11 is 6.17. The molecule has 2 rings (SSSR count). The van der Waals surface area contributed by atoms with E-state index in [0.29, 0.717) is 5.22 Å². The van der Waals surface area contributed by atoms with Crippen molar-refractivity contribution in [3.8, 4) is 5.75 Å². The van der Waals surface area contributed by atoms with E-state index in [0.717, 1.165) is 29.8 Å². The lowest BCUT2D eigenvalue weighted by Crippen LogP contribution is -2.24. The van der Waals surface area contributed by atoms with Crippen molar-refractivity contribution in [3.63, 3.8) is 0 Å². The highest BCUT2D eigenvalue weighted by atomic mass is 35.5. The van der Waals surface area contributed by atoms with E-state index in [1.807, 2.05) is 38.1 Å². The molecule has 0 aliphatic rings. The zero-order valence-corrected chi connectivity index (χ0v) is 13.5. The minimum absolute atomic E-state index is 0.0360. The van der Waals surface area contributed by atoms with Crippen molar-refractivity contribution < 1.29 is 9.15 Å². The Morgan fingerprint density at radius 2 is 1.95 bits per heavy atom. The van der Waals surface area contributed by atoms with Crippen molar-refractivity contribution >= 4 is 11.6 Å². The van der Waals surface area contributed by atoms with E-state index < -0.39 is 0 Å². The van der Waals surface area contributed by atoms with E-state index in [-0.39, 0.29) is 12.1 Å². The van der Waals surface area contributed by atoms with Gasteiger partial charge in [-0.15, -0.1) is 0 Å². The summed E-state index contributed by atoms with van der Waals surface area (Å²) in [7, 11) is 0. The number of furan rings is 1. The molecule has 0 bridgehead atoms. The third-order valence-corrected chi connectivity index (χ3v) is 3.46. The standard InChI is InChI=1S/C17H22ClNO2/c1-4-10-19-16(14-9-11-20-17(14)18)13-7-5-6-8-15(13)21-12(2)3/h5-9,11-12,16,19H,4,10H2,1-3H3. The first-order valence-electron chi connectivity index (χ1n) is 7.35. The fraction of sp³-hybridized carbons (Fsp3) is 0.412. The van der Waals surface area contributed by atoms with Gasteiger partial charge in [0.15, 0.2) is 5.22 Å². The van der Waals surface area contributed by atoms with Crippen molar-refractivity contribution in [2.45, 2.75) is 39.3 Å². The van der Waals surface area contributed by atoms with Gasteiger partial charge < -0.3 is 14.5 Å². The molecule has 0 aliphatic carbocycles. The third-order valence-electron chi connectivity index (χ3n) is 3.15. The predicted octanol–water partition coefficient (Wildman–Crippen LogP) is 4.81. The normalized spacial score (nSPS) is 12.6. The molecule has 1 N–H and O–H groups in total. The lowest BCUT2D eigenvalue weighted by atomic mass is 10.00. The maximum atomic E-state index is 6.17. The molecule has 1 aromatic carbocycles. The smallest absolute Gasteiger partial charge is 0.198 e. The molecule has 0 spiro atoms. The largest absolute Gasteiger partial charge is 0.491 e. The summed E-state index contributed by atoms with van der Waals surface area (Å²) < 4.78 is 11.2. The van der Waals surface area contributed by atoms with E-state index >= 15 is 0 Å². The van der Waals surface area contributed by atoms with Crippen LogP contribution in [-0.2, 0) is 0 Å². The highest BCUT2D eigenvalue weighted by Crippen LogP contribution is 2.34. The van der Waals surface area contributed by atoms with Crippen LogP contribution >= 0.6 is 11.6 Å². The van der Waals surface area contributed by atoms with Crippen molar-refractivity contribution in [2.75, 3.05) is 6.54 Å². The highest BCUT2D eigenvalue weighted by Gasteiger charge is 2.22. The summed E-state index contributed by atoms with van der Waals surface area (Å²) in [6.45, 7) is 7.08. The molecular weight excluding hydrogens is 286 g/mol. The van der Waals surface area contributed by atoms with E-state index in [9.17, 15) is 0 Å². The summed E-state index contributed by atoms with van der Waals surface area (Å²) in [5, 5.41) is 3.94. The Hall–Kier alpha value is -1.45. The number of halogens is 1. The molecule has 21 heavy (non-hydrogen) atoms. The van der Waals surface area contributed by atoms with E-state index in [1.165, 1.54) is 0 Å². The van der Waals surface area contributed by atoms with Crippen molar-refractivity contribution in [3.05, 3.63) is 52.9 Å². The van der Waals surface area contributed by atoms with Gasteiger partial charge in [-0.25, -0.2) is 0 Å². The molecule has 2 aromatic rings. The Balaban J connectivity index is 2.39. The van der Waals surface area contributed by atoms with Crippen LogP contribution in [0.15, 0.2) is 41.0 Å².